The van der Waals surface area contributed by atoms with Gasteiger partial charge in [0.25, 0.3) is 0 Å². The van der Waals surface area contributed by atoms with Gasteiger partial charge in [0.15, 0.2) is 0 Å². The lowest BCUT2D eigenvalue weighted by Gasteiger charge is -2.11. The summed E-state index contributed by atoms with van der Waals surface area (Å²) in [7, 11) is -4.13. The normalized spacial score (nSPS) is 13.3. The van der Waals surface area contributed by atoms with Gasteiger partial charge in [-0.15, -0.1) is 0 Å². The van der Waals surface area contributed by atoms with E-state index in [0.29, 0.717) is 0 Å². The molecule has 0 heterocycles. The molecule has 0 fully saturated rings. The average molecular weight is 279 g/mol. The highest BCUT2D eigenvalue weighted by Gasteiger charge is 2.22. The molecule has 0 aromatic heterocycles. The second-order valence-corrected chi connectivity index (χ2v) is 5.39. The minimum Gasteiger partial charge on any atom is -0.480 e. The molecule has 0 saturated carbocycles. The highest BCUT2D eigenvalue weighted by Crippen LogP contribution is 2.15. The summed E-state index contributed by atoms with van der Waals surface area (Å²) >= 11 is 0. The maximum Gasteiger partial charge on any atom is 0.321 e. The molecule has 2 N–H and O–H groups in total. The monoisotopic (exact) mass is 279 g/mol. The number of carboxylic acids is 1. The second kappa shape index (κ2) is 5.40. The molecule has 5 nitrogen and oxygen atoms in total. The van der Waals surface area contributed by atoms with Gasteiger partial charge in [-0.1, -0.05) is 6.07 Å². The van der Waals surface area contributed by atoms with Crippen LogP contribution in [0.4, 0.5) is 8.78 Å². The van der Waals surface area contributed by atoms with Gasteiger partial charge in [-0.2, -0.15) is 0 Å². The molecule has 1 atom stereocenters. The van der Waals surface area contributed by atoms with Crippen molar-refractivity contribution < 1.29 is 27.1 Å². The van der Waals surface area contributed by atoms with Crippen molar-refractivity contribution in [2.75, 3.05) is 0 Å². The number of rotatable bonds is 5. The first-order chi connectivity index (χ1) is 8.23. The highest BCUT2D eigenvalue weighted by atomic mass is 32.2. The predicted molar refractivity (Wildman–Crippen MR) is 59.2 cm³/mol. The molecule has 0 saturated heterocycles. The molecule has 100 valence electrons. The van der Waals surface area contributed by atoms with Gasteiger partial charge in [0.05, 0.1) is 5.75 Å². The number of aliphatic carboxylic acids is 1. The summed E-state index contributed by atoms with van der Waals surface area (Å²) in [6, 6.07) is 1.59. The lowest BCUT2D eigenvalue weighted by Crippen LogP contribution is -2.39. The van der Waals surface area contributed by atoms with E-state index >= 15 is 0 Å². The Bertz CT molecular complexity index is 539. The van der Waals surface area contributed by atoms with Crippen molar-refractivity contribution in [1.82, 2.24) is 4.72 Å². The van der Waals surface area contributed by atoms with Crippen molar-refractivity contribution >= 4 is 16.0 Å². The third kappa shape index (κ3) is 3.74. The van der Waals surface area contributed by atoms with Crippen molar-refractivity contribution in [2.45, 2.75) is 18.7 Å². The number of carboxylic acid groups (broad SMARTS) is 1. The lowest BCUT2D eigenvalue weighted by molar-refractivity contribution is -0.138. The van der Waals surface area contributed by atoms with Gasteiger partial charge in [-0.3, -0.25) is 4.79 Å². The minimum absolute atomic E-state index is 0.623. The number of benzene rings is 1. The summed E-state index contributed by atoms with van der Waals surface area (Å²) in [6.45, 7) is 1.11. The Morgan fingerprint density at radius 1 is 1.39 bits per heavy atom. The summed E-state index contributed by atoms with van der Waals surface area (Å²) in [4.78, 5) is 10.5. The van der Waals surface area contributed by atoms with Crippen LogP contribution >= 0.6 is 0 Å². The van der Waals surface area contributed by atoms with Gasteiger partial charge < -0.3 is 5.11 Å². The molecular formula is C10H11F2NO4S. The first-order valence-corrected chi connectivity index (χ1v) is 6.54. The van der Waals surface area contributed by atoms with Gasteiger partial charge >= 0.3 is 5.97 Å². The Morgan fingerprint density at radius 2 is 1.89 bits per heavy atom. The molecule has 0 aliphatic heterocycles. The van der Waals surface area contributed by atoms with E-state index in [-0.39, 0.29) is 0 Å². The molecule has 18 heavy (non-hydrogen) atoms. The van der Waals surface area contributed by atoms with Gasteiger partial charge in [-0.25, -0.2) is 21.9 Å². The minimum atomic E-state index is -4.13. The lowest BCUT2D eigenvalue weighted by atomic mass is 10.2. The summed E-state index contributed by atoms with van der Waals surface area (Å²) in [5.41, 5.74) is -0.623. The molecule has 8 heteroatoms. The van der Waals surface area contributed by atoms with E-state index in [4.69, 9.17) is 5.11 Å². The van der Waals surface area contributed by atoms with E-state index in [9.17, 15) is 22.0 Å². The van der Waals surface area contributed by atoms with E-state index in [2.05, 4.69) is 0 Å². The zero-order valence-electron chi connectivity index (χ0n) is 9.35. The fourth-order valence-corrected chi connectivity index (χ4v) is 2.60. The van der Waals surface area contributed by atoms with Crippen LogP contribution in [0.2, 0.25) is 0 Å². The molecule has 1 aromatic carbocycles. The highest BCUT2D eigenvalue weighted by molar-refractivity contribution is 7.88. The second-order valence-electron chi connectivity index (χ2n) is 3.64. The standard InChI is InChI=1S/C10H11F2NO4S/c1-6(10(14)15)13-18(16,17)5-7-8(11)3-2-4-9(7)12/h2-4,6,13H,5H2,1H3,(H,14,15). The van der Waals surface area contributed by atoms with E-state index in [1.165, 1.54) is 0 Å². The number of hydrogen-bond acceptors (Lipinski definition) is 3. The molecule has 0 amide bonds. The van der Waals surface area contributed by atoms with Crippen LogP contribution < -0.4 is 4.72 Å². The maximum atomic E-state index is 13.2. The molecule has 1 unspecified atom stereocenters. The Labute approximate surface area is 102 Å². The van der Waals surface area contributed by atoms with Crippen LogP contribution in [0, 0.1) is 11.6 Å². The van der Waals surface area contributed by atoms with Crippen molar-refractivity contribution in [3.63, 3.8) is 0 Å². The molecule has 1 rings (SSSR count). The molecule has 1 aromatic rings. The summed E-state index contributed by atoms with van der Waals surface area (Å²) in [6.07, 6.45) is 0. The van der Waals surface area contributed by atoms with Crippen LogP contribution in [-0.4, -0.2) is 25.5 Å². The predicted octanol–water partition coefficient (Wildman–Crippen LogP) is 0.857. The van der Waals surface area contributed by atoms with E-state index in [0.717, 1.165) is 25.1 Å². The molecule has 0 spiro atoms. The number of hydrogen-bond donors (Lipinski definition) is 2. The Balaban J connectivity index is 2.93. The van der Waals surface area contributed by atoms with Crippen LogP contribution in [0.5, 0.6) is 0 Å². The van der Waals surface area contributed by atoms with Crippen LogP contribution in [-0.2, 0) is 20.6 Å². The third-order valence-corrected chi connectivity index (χ3v) is 3.50. The van der Waals surface area contributed by atoms with Gasteiger partial charge in [0, 0.05) is 5.56 Å². The average Bonchev–Trinajstić information content (AvgIpc) is 2.23. The first-order valence-electron chi connectivity index (χ1n) is 4.88. The van der Waals surface area contributed by atoms with Gasteiger partial charge in [0.2, 0.25) is 10.0 Å². The Morgan fingerprint density at radius 3 is 2.33 bits per heavy atom. The smallest absolute Gasteiger partial charge is 0.321 e. The third-order valence-electron chi connectivity index (χ3n) is 2.12. The first kappa shape index (κ1) is 14.5. The SMILES string of the molecule is CC(NS(=O)(=O)Cc1c(F)cccc1F)C(=O)O. The zero-order valence-corrected chi connectivity index (χ0v) is 10.2. The maximum absolute atomic E-state index is 13.2. The zero-order chi connectivity index (χ0) is 13.9. The molecule has 0 aliphatic rings. The van der Waals surface area contributed by atoms with Gasteiger partial charge in [0.1, 0.15) is 17.7 Å². The molecular weight excluding hydrogens is 268 g/mol. The number of sulfonamides is 1. The van der Waals surface area contributed by atoms with E-state index < -0.39 is 45.0 Å². The topological polar surface area (TPSA) is 83.5 Å². The fourth-order valence-electron chi connectivity index (χ4n) is 1.22. The summed E-state index contributed by atoms with van der Waals surface area (Å²) < 4.78 is 51.3. The van der Waals surface area contributed by atoms with Crippen molar-refractivity contribution in [3.8, 4) is 0 Å². The molecule has 0 bridgehead atoms. The summed E-state index contributed by atoms with van der Waals surface area (Å²) in [5, 5.41) is 8.55. The largest absolute Gasteiger partial charge is 0.480 e. The van der Waals surface area contributed by atoms with Crippen LogP contribution in [0.15, 0.2) is 18.2 Å². The van der Waals surface area contributed by atoms with Crippen molar-refractivity contribution in [3.05, 3.63) is 35.4 Å². The number of carbonyl (C=O) groups is 1. The quantitative estimate of drug-likeness (QED) is 0.837. The molecule has 0 radical (unpaired) electrons. The van der Waals surface area contributed by atoms with Crippen LogP contribution in [0.3, 0.4) is 0 Å². The summed E-state index contributed by atoms with van der Waals surface area (Å²) in [5.74, 6) is -4.33. The van der Waals surface area contributed by atoms with Crippen LogP contribution in [0.1, 0.15) is 12.5 Å². The Hall–Kier alpha value is -1.54. The number of nitrogens with one attached hydrogen (secondary N) is 1. The van der Waals surface area contributed by atoms with Crippen LogP contribution in [0.25, 0.3) is 0 Å². The van der Waals surface area contributed by atoms with Crippen molar-refractivity contribution in [2.24, 2.45) is 0 Å². The molecule has 0 aliphatic carbocycles. The van der Waals surface area contributed by atoms with E-state index in [1.54, 1.807) is 4.72 Å². The van der Waals surface area contributed by atoms with E-state index in [1.807, 2.05) is 0 Å². The number of halogens is 2. The van der Waals surface area contributed by atoms with Crippen molar-refractivity contribution in [1.29, 1.82) is 0 Å². The Kier molecular flexibility index (Phi) is 4.36. The fraction of sp³-hybridized carbons (Fsp3) is 0.300. The van der Waals surface area contributed by atoms with Gasteiger partial charge in [-0.05, 0) is 19.1 Å².